The highest BCUT2D eigenvalue weighted by molar-refractivity contribution is 5.40. The molecule has 92 valence electrons. The summed E-state index contributed by atoms with van der Waals surface area (Å²) in [5, 5.41) is 3.49. The summed E-state index contributed by atoms with van der Waals surface area (Å²) in [6, 6.07) is 4.16. The molecule has 0 saturated heterocycles. The molecule has 1 aliphatic carbocycles. The van der Waals surface area contributed by atoms with Crippen molar-refractivity contribution in [2.45, 2.75) is 33.6 Å². The van der Waals surface area contributed by atoms with Crippen LogP contribution in [-0.4, -0.2) is 11.5 Å². The second-order valence-corrected chi connectivity index (χ2v) is 5.37. The average molecular weight is 230 g/mol. The Kier molecular flexibility index (Phi) is 3.82. The van der Waals surface area contributed by atoms with Crippen LogP contribution in [0.1, 0.15) is 32.4 Å². The molecule has 17 heavy (non-hydrogen) atoms. The van der Waals surface area contributed by atoms with E-state index in [1.165, 1.54) is 18.4 Å². The molecule has 1 aromatic heterocycles. The molecule has 0 bridgehead atoms. The van der Waals surface area contributed by atoms with E-state index in [4.69, 9.17) is 0 Å². The van der Waals surface area contributed by atoms with E-state index in [1.807, 2.05) is 13.1 Å². The zero-order valence-electron chi connectivity index (χ0n) is 11.0. The minimum Gasteiger partial charge on any atom is -0.384 e. The lowest BCUT2D eigenvalue weighted by molar-refractivity contribution is 0.421. The number of aromatic nitrogens is 1. The highest BCUT2D eigenvalue weighted by Gasteiger charge is 2.17. The van der Waals surface area contributed by atoms with E-state index in [9.17, 15) is 0 Å². The van der Waals surface area contributed by atoms with Crippen molar-refractivity contribution >= 4 is 5.69 Å². The molecular formula is C15H22N2. The van der Waals surface area contributed by atoms with Crippen LogP contribution in [-0.2, 0) is 0 Å². The topological polar surface area (TPSA) is 24.9 Å². The largest absolute Gasteiger partial charge is 0.384 e. The summed E-state index contributed by atoms with van der Waals surface area (Å²) in [5.41, 5.74) is 3.74. The first-order valence-electron chi connectivity index (χ1n) is 6.47. The molecule has 1 heterocycles. The molecule has 2 nitrogen and oxygen atoms in total. The van der Waals surface area contributed by atoms with E-state index >= 15 is 0 Å². The number of pyridine rings is 1. The van der Waals surface area contributed by atoms with Crippen molar-refractivity contribution in [2.75, 3.05) is 11.9 Å². The van der Waals surface area contributed by atoms with Gasteiger partial charge in [0.1, 0.15) is 0 Å². The maximum Gasteiger partial charge on any atom is 0.0527 e. The molecule has 2 unspecified atom stereocenters. The number of aryl methyl sites for hydroxylation is 1. The average Bonchev–Trinajstić information content (AvgIpc) is 2.27. The molecule has 1 aliphatic rings. The Labute approximate surface area is 104 Å². The van der Waals surface area contributed by atoms with Crippen LogP contribution in [0.4, 0.5) is 5.69 Å². The summed E-state index contributed by atoms with van der Waals surface area (Å²) in [6.07, 6.45) is 6.86. The van der Waals surface area contributed by atoms with Gasteiger partial charge in [-0.05, 0) is 50.7 Å². The molecule has 2 rings (SSSR count). The molecule has 1 N–H and O–H groups in total. The smallest absolute Gasteiger partial charge is 0.0527 e. The molecule has 0 amide bonds. The summed E-state index contributed by atoms with van der Waals surface area (Å²) in [7, 11) is 0. The van der Waals surface area contributed by atoms with Gasteiger partial charge in [0, 0.05) is 12.2 Å². The third-order valence-corrected chi connectivity index (χ3v) is 3.39. The summed E-state index contributed by atoms with van der Waals surface area (Å²) in [5.74, 6) is 1.49. The first-order valence-corrected chi connectivity index (χ1v) is 6.47. The fourth-order valence-corrected chi connectivity index (χ4v) is 2.68. The Bertz CT molecular complexity index is 392. The van der Waals surface area contributed by atoms with Gasteiger partial charge in [-0.2, -0.15) is 0 Å². The van der Waals surface area contributed by atoms with Gasteiger partial charge in [-0.25, -0.2) is 0 Å². The minimum absolute atomic E-state index is 0.728. The van der Waals surface area contributed by atoms with Crippen molar-refractivity contribution in [3.05, 3.63) is 35.7 Å². The zero-order valence-corrected chi connectivity index (χ0v) is 11.0. The van der Waals surface area contributed by atoms with Crippen LogP contribution in [0.5, 0.6) is 0 Å². The Morgan fingerprint density at radius 1 is 1.35 bits per heavy atom. The molecule has 1 aromatic rings. The number of rotatable bonds is 3. The van der Waals surface area contributed by atoms with Crippen molar-refractivity contribution in [2.24, 2.45) is 11.8 Å². The van der Waals surface area contributed by atoms with Crippen LogP contribution in [0.3, 0.4) is 0 Å². The molecule has 0 fully saturated rings. The van der Waals surface area contributed by atoms with Gasteiger partial charge in [0.2, 0.25) is 0 Å². The number of hydrogen-bond acceptors (Lipinski definition) is 2. The van der Waals surface area contributed by atoms with Crippen LogP contribution in [0.25, 0.3) is 0 Å². The Morgan fingerprint density at radius 3 is 2.82 bits per heavy atom. The third-order valence-electron chi connectivity index (χ3n) is 3.39. The standard InChI is InChI=1S/C15H22N2/c1-11-6-12(2)8-14(7-11)9-17-15-5-4-13(3)16-10-15/h4-6,10-11,14,17H,7-9H2,1-3H3. The lowest BCUT2D eigenvalue weighted by atomic mass is 9.84. The van der Waals surface area contributed by atoms with E-state index in [0.717, 1.165) is 29.8 Å². The predicted octanol–water partition coefficient (Wildman–Crippen LogP) is 3.79. The van der Waals surface area contributed by atoms with Gasteiger partial charge in [0.25, 0.3) is 0 Å². The molecule has 0 saturated carbocycles. The van der Waals surface area contributed by atoms with Gasteiger partial charge in [0.05, 0.1) is 11.9 Å². The van der Waals surface area contributed by atoms with Crippen molar-refractivity contribution in [3.63, 3.8) is 0 Å². The highest BCUT2D eigenvalue weighted by Crippen LogP contribution is 2.27. The first kappa shape index (κ1) is 12.2. The van der Waals surface area contributed by atoms with E-state index in [1.54, 1.807) is 0 Å². The fourth-order valence-electron chi connectivity index (χ4n) is 2.68. The van der Waals surface area contributed by atoms with Gasteiger partial charge in [-0.15, -0.1) is 0 Å². The number of allylic oxidation sites excluding steroid dienone is 2. The molecule has 0 aromatic carbocycles. The second-order valence-electron chi connectivity index (χ2n) is 5.37. The predicted molar refractivity (Wildman–Crippen MR) is 73.1 cm³/mol. The van der Waals surface area contributed by atoms with Crippen LogP contribution in [0.2, 0.25) is 0 Å². The maximum absolute atomic E-state index is 4.30. The number of anilines is 1. The Morgan fingerprint density at radius 2 is 2.18 bits per heavy atom. The van der Waals surface area contributed by atoms with Crippen LogP contribution < -0.4 is 5.32 Å². The van der Waals surface area contributed by atoms with Crippen molar-refractivity contribution in [1.82, 2.24) is 4.98 Å². The fraction of sp³-hybridized carbons (Fsp3) is 0.533. The van der Waals surface area contributed by atoms with E-state index < -0.39 is 0 Å². The summed E-state index contributed by atoms with van der Waals surface area (Å²) in [6.45, 7) is 7.63. The number of hydrogen-bond donors (Lipinski definition) is 1. The molecule has 0 aliphatic heterocycles. The molecule has 2 atom stereocenters. The van der Waals surface area contributed by atoms with Gasteiger partial charge in [-0.1, -0.05) is 18.6 Å². The Hall–Kier alpha value is -1.31. The SMILES string of the molecule is CC1=CC(C)CC(CNc2ccc(C)nc2)C1. The Balaban J connectivity index is 1.86. The minimum atomic E-state index is 0.728. The summed E-state index contributed by atoms with van der Waals surface area (Å²) < 4.78 is 0. The number of nitrogens with one attached hydrogen (secondary N) is 1. The molecule has 0 spiro atoms. The van der Waals surface area contributed by atoms with Crippen LogP contribution >= 0.6 is 0 Å². The lowest BCUT2D eigenvalue weighted by Gasteiger charge is -2.25. The van der Waals surface area contributed by atoms with Gasteiger partial charge >= 0.3 is 0 Å². The van der Waals surface area contributed by atoms with Gasteiger partial charge in [-0.3, -0.25) is 4.98 Å². The molecule has 2 heteroatoms. The maximum atomic E-state index is 4.30. The van der Waals surface area contributed by atoms with Gasteiger partial charge < -0.3 is 5.32 Å². The van der Waals surface area contributed by atoms with E-state index in [0.29, 0.717) is 0 Å². The quantitative estimate of drug-likeness (QED) is 0.799. The van der Waals surface area contributed by atoms with E-state index in [-0.39, 0.29) is 0 Å². The van der Waals surface area contributed by atoms with E-state index in [2.05, 4.69) is 42.4 Å². The lowest BCUT2D eigenvalue weighted by Crippen LogP contribution is -2.20. The third kappa shape index (κ3) is 3.58. The van der Waals surface area contributed by atoms with Crippen molar-refractivity contribution in [1.29, 1.82) is 0 Å². The van der Waals surface area contributed by atoms with Crippen LogP contribution in [0, 0.1) is 18.8 Å². The normalized spacial score (nSPS) is 24.3. The first-order chi connectivity index (χ1) is 8.13. The van der Waals surface area contributed by atoms with Crippen molar-refractivity contribution in [3.8, 4) is 0 Å². The highest BCUT2D eigenvalue weighted by atomic mass is 14.9. The summed E-state index contributed by atoms with van der Waals surface area (Å²) >= 11 is 0. The molecule has 0 radical (unpaired) electrons. The summed E-state index contributed by atoms with van der Waals surface area (Å²) in [4.78, 5) is 4.30. The number of nitrogens with zero attached hydrogens (tertiary/aromatic N) is 1. The molecular weight excluding hydrogens is 208 g/mol. The monoisotopic (exact) mass is 230 g/mol. The van der Waals surface area contributed by atoms with Gasteiger partial charge in [0.15, 0.2) is 0 Å². The zero-order chi connectivity index (χ0) is 12.3. The van der Waals surface area contributed by atoms with Crippen molar-refractivity contribution < 1.29 is 0 Å². The van der Waals surface area contributed by atoms with Crippen LogP contribution in [0.15, 0.2) is 30.0 Å². The second kappa shape index (κ2) is 5.35.